The van der Waals surface area contributed by atoms with E-state index in [1.165, 1.54) is 0 Å². The highest BCUT2D eigenvalue weighted by Gasteiger charge is 2.60. The zero-order valence-corrected chi connectivity index (χ0v) is 16.0. The molecule has 7 nitrogen and oxygen atoms in total. The summed E-state index contributed by atoms with van der Waals surface area (Å²) >= 11 is 0. The first-order chi connectivity index (χ1) is 11.8. The number of hydrogen-bond acceptors (Lipinski definition) is 5. The average Bonchev–Trinajstić information content (AvgIpc) is 2.39. The molecule has 142 valence electrons. The second-order valence-electron chi connectivity index (χ2n) is 8.30. The van der Waals surface area contributed by atoms with Crippen LogP contribution < -0.4 is 0 Å². The molecule has 7 heteroatoms. The van der Waals surface area contributed by atoms with Crippen molar-refractivity contribution < 1.29 is 29.0 Å². The largest absolute Gasteiger partial charge is 0.479 e. The summed E-state index contributed by atoms with van der Waals surface area (Å²) in [6.45, 7) is 9.84. The summed E-state index contributed by atoms with van der Waals surface area (Å²) in [5.74, 6) is -1.31. The van der Waals surface area contributed by atoms with Crippen molar-refractivity contribution in [3.63, 3.8) is 0 Å². The van der Waals surface area contributed by atoms with Gasteiger partial charge in [0.1, 0.15) is 11.2 Å². The molecule has 0 spiro atoms. The molecule has 1 aliphatic carbocycles. The first-order valence-corrected chi connectivity index (χ1v) is 8.36. The van der Waals surface area contributed by atoms with Crippen LogP contribution in [0.1, 0.15) is 52.7 Å². The monoisotopic (exact) mass is 363 g/mol. The molecule has 0 aromatic heterocycles. The highest BCUT2D eigenvalue weighted by Crippen LogP contribution is 2.45. The van der Waals surface area contributed by atoms with Crippen LogP contribution in [0.5, 0.6) is 0 Å². The van der Waals surface area contributed by atoms with Gasteiger partial charge in [0.15, 0.2) is 5.54 Å². The summed E-state index contributed by atoms with van der Waals surface area (Å²) in [5.41, 5.74) is -2.52. The number of aliphatic carboxylic acids is 1. The Kier molecular flexibility index (Phi) is 4.79. The molecule has 1 unspecified atom stereocenters. The fourth-order valence-electron chi connectivity index (χ4n) is 2.83. The summed E-state index contributed by atoms with van der Waals surface area (Å²) in [5, 5.41) is 9.94. The van der Waals surface area contributed by atoms with E-state index in [4.69, 9.17) is 9.47 Å². The van der Waals surface area contributed by atoms with Gasteiger partial charge in [-0.15, -0.1) is 0 Å². The highest BCUT2D eigenvalue weighted by molar-refractivity contribution is 5.98. The number of carbonyl (C=O) groups is 3. The topological polar surface area (TPSA) is 93.1 Å². The average molecular weight is 363 g/mol. The van der Waals surface area contributed by atoms with Crippen LogP contribution in [0.25, 0.3) is 0 Å². The van der Waals surface area contributed by atoms with Crippen molar-refractivity contribution in [1.82, 2.24) is 4.90 Å². The van der Waals surface area contributed by atoms with E-state index in [1.54, 1.807) is 65.8 Å². The molecule has 1 aromatic rings. The number of carboxylic acid groups (broad SMARTS) is 1. The normalized spacial score (nSPS) is 19.0. The Hall–Kier alpha value is -2.57. The van der Waals surface area contributed by atoms with E-state index < -0.39 is 34.9 Å². The van der Waals surface area contributed by atoms with Crippen LogP contribution in [-0.2, 0) is 26.2 Å². The quantitative estimate of drug-likeness (QED) is 0.861. The van der Waals surface area contributed by atoms with Crippen molar-refractivity contribution in [3.05, 3.63) is 35.4 Å². The van der Waals surface area contributed by atoms with Crippen molar-refractivity contribution >= 4 is 18.2 Å². The minimum absolute atomic E-state index is 0.00298. The molecule has 1 aromatic carbocycles. The predicted octanol–water partition coefficient (Wildman–Crippen LogP) is 3.69. The van der Waals surface area contributed by atoms with E-state index in [-0.39, 0.29) is 6.42 Å². The van der Waals surface area contributed by atoms with Gasteiger partial charge in [0.05, 0.1) is 0 Å². The number of hydrogen-bond donors (Lipinski definition) is 1. The first-order valence-electron chi connectivity index (χ1n) is 8.36. The number of fused-ring (bicyclic) bond motifs is 1. The molecule has 1 N–H and O–H groups in total. The first kappa shape index (κ1) is 19.8. The number of carboxylic acids is 1. The van der Waals surface area contributed by atoms with Gasteiger partial charge < -0.3 is 14.6 Å². The molecule has 0 heterocycles. The number of amides is 2. The van der Waals surface area contributed by atoms with Crippen molar-refractivity contribution in [2.45, 2.75) is 64.7 Å². The van der Waals surface area contributed by atoms with E-state index in [0.717, 1.165) is 5.56 Å². The summed E-state index contributed by atoms with van der Waals surface area (Å²) in [6, 6.07) is 6.79. The molecule has 2 amide bonds. The van der Waals surface area contributed by atoms with Crippen LogP contribution in [0.3, 0.4) is 0 Å². The van der Waals surface area contributed by atoms with E-state index in [1.807, 2.05) is 0 Å². The SMILES string of the molecule is CC(C)(C)OC(=O)N(C(=O)OC(C)(C)C)C1(C(=O)O)Cc2ccccc21. The van der Waals surface area contributed by atoms with Gasteiger partial charge >= 0.3 is 18.2 Å². The van der Waals surface area contributed by atoms with Gasteiger partial charge in [0.25, 0.3) is 0 Å². The maximum Gasteiger partial charge on any atom is 0.421 e. The Morgan fingerprint density at radius 3 is 1.81 bits per heavy atom. The molecule has 26 heavy (non-hydrogen) atoms. The fourth-order valence-corrected chi connectivity index (χ4v) is 2.83. The van der Waals surface area contributed by atoms with Crippen LogP contribution >= 0.6 is 0 Å². The molecular formula is C19H25NO6. The van der Waals surface area contributed by atoms with Crippen molar-refractivity contribution in [1.29, 1.82) is 0 Å². The van der Waals surface area contributed by atoms with Crippen molar-refractivity contribution in [3.8, 4) is 0 Å². The number of benzene rings is 1. The van der Waals surface area contributed by atoms with Gasteiger partial charge in [-0.05, 0) is 52.7 Å². The lowest BCUT2D eigenvalue weighted by atomic mass is 9.69. The minimum atomic E-state index is -1.85. The molecule has 0 bridgehead atoms. The fraction of sp³-hybridized carbons (Fsp3) is 0.526. The maximum atomic E-state index is 12.8. The second kappa shape index (κ2) is 6.30. The lowest BCUT2D eigenvalue weighted by molar-refractivity contribution is -0.153. The zero-order valence-electron chi connectivity index (χ0n) is 16.0. The number of rotatable bonds is 2. The van der Waals surface area contributed by atoms with Crippen molar-refractivity contribution in [2.24, 2.45) is 0 Å². The lowest BCUT2D eigenvalue weighted by Gasteiger charge is -2.46. The molecule has 0 saturated heterocycles. The zero-order chi connectivity index (χ0) is 19.9. The Bertz CT molecular complexity index is 715. The lowest BCUT2D eigenvalue weighted by Crippen LogP contribution is -2.64. The van der Waals surface area contributed by atoms with Gasteiger partial charge in [-0.25, -0.2) is 14.4 Å². The Morgan fingerprint density at radius 2 is 1.42 bits per heavy atom. The third-order valence-electron chi connectivity index (χ3n) is 3.80. The van der Waals surface area contributed by atoms with Crippen LogP contribution in [0, 0.1) is 0 Å². The number of nitrogens with zero attached hydrogens (tertiary/aromatic N) is 1. The summed E-state index contributed by atoms with van der Waals surface area (Å²) in [7, 11) is 0. The maximum absolute atomic E-state index is 12.8. The third-order valence-corrected chi connectivity index (χ3v) is 3.80. The van der Waals surface area contributed by atoms with Crippen LogP contribution in [-0.4, -0.2) is 39.4 Å². The van der Waals surface area contributed by atoms with E-state index in [0.29, 0.717) is 10.5 Å². The van der Waals surface area contributed by atoms with Gasteiger partial charge in [0, 0.05) is 6.42 Å². The van der Waals surface area contributed by atoms with E-state index >= 15 is 0 Å². The smallest absolute Gasteiger partial charge is 0.421 e. The Labute approximate surface area is 152 Å². The molecule has 0 saturated carbocycles. The molecule has 0 aliphatic heterocycles. The second-order valence-corrected chi connectivity index (χ2v) is 8.30. The van der Waals surface area contributed by atoms with Crippen LogP contribution in [0.4, 0.5) is 9.59 Å². The summed E-state index contributed by atoms with van der Waals surface area (Å²) in [6.07, 6.45) is -2.11. The van der Waals surface area contributed by atoms with Gasteiger partial charge in [-0.2, -0.15) is 4.90 Å². The summed E-state index contributed by atoms with van der Waals surface area (Å²) < 4.78 is 10.6. The Morgan fingerprint density at radius 1 is 0.962 bits per heavy atom. The summed E-state index contributed by atoms with van der Waals surface area (Å²) in [4.78, 5) is 38.3. The molecule has 1 aliphatic rings. The Balaban J connectivity index is 2.54. The van der Waals surface area contributed by atoms with Crippen LogP contribution in [0.15, 0.2) is 24.3 Å². The number of ether oxygens (including phenoxy) is 2. The van der Waals surface area contributed by atoms with E-state index in [9.17, 15) is 19.5 Å². The number of imide groups is 1. The minimum Gasteiger partial charge on any atom is -0.479 e. The molecule has 0 radical (unpaired) electrons. The van der Waals surface area contributed by atoms with E-state index in [2.05, 4.69) is 0 Å². The number of carbonyl (C=O) groups excluding carboxylic acids is 2. The molecule has 2 rings (SSSR count). The van der Waals surface area contributed by atoms with Gasteiger partial charge in [-0.3, -0.25) is 0 Å². The van der Waals surface area contributed by atoms with Gasteiger partial charge in [0.2, 0.25) is 0 Å². The highest BCUT2D eigenvalue weighted by atomic mass is 16.6. The molecule has 1 atom stereocenters. The predicted molar refractivity (Wildman–Crippen MR) is 93.8 cm³/mol. The molecular weight excluding hydrogens is 338 g/mol. The standard InChI is InChI=1S/C19H25NO6/c1-17(2,3)25-15(23)20(16(24)26-18(4,5)6)19(14(21)22)11-12-9-7-8-10-13(12)19/h7-10H,11H2,1-6H3,(H,21,22). The van der Waals surface area contributed by atoms with Crippen molar-refractivity contribution in [2.75, 3.05) is 0 Å². The molecule has 0 fully saturated rings. The van der Waals surface area contributed by atoms with Gasteiger partial charge in [-0.1, -0.05) is 24.3 Å². The van der Waals surface area contributed by atoms with Crippen LogP contribution in [0.2, 0.25) is 0 Å². The third kappa shape index (κ3) is 3.66.